The SMILES string of the molecule is c1ccc(-c2nc3ccccc3nc2-c2cc(-n3c4cc5sc6cc7ccccc7cc6c5cc4c4c5ccccc5ccc43)cc3c2oc2ccccc23)cc1. The molecule has 4 nitrogen and oxygen atoms in total. The first kappa shape index (κ1) is 30.9. The summed E-state index contributed by atoms with van der Waals surface area (Å²) in [5, 5.41) is 12.2. The van der Waals surface area contributed by atoms with Gasteiger partial charge in [0.15, 0.2) is 0 Å². The van der Waals surface area contributed by atoms with Crippen molar-refractivity contribution >= 4 is 108 Å². The van der Waals surface area contributed by atoms with E-state index in [2.05, 4.69) is 144 Å². The van der Waals surface area contributed by atoms with Crippen LogP contribution in [0.3, 0.4) is 0 Å². The second kappa shape index (κ2) is 11.6. The molecule has 0 spiro atoms. The number of nitrogens with zero attached hydrogens (tertiary/aromatic N) is 3. The molecule has 9 aromatic carbocycles. The topological polar surface area (TPSA) is 43.9 Å². The molecule has 4 aromatic heterocycles. The Morgan fingerprint density at radius 2 is 1.11 bits per heavy atom. The minimum Gasteiger partial charge on any atom is -0.455 e. The average molecular weight is 744 g/mol. The lowest BCUT2D eigenvalue weighted by molar-refractivity contribution is 0.669. The van der Waals surface area contributed by atoms with E-state index in [0.29, 0.717) is 0 Å². The van der Waals surface area contributed by atoms with Crippen LogP contribution < -0.4 is 0 Å². The van der Waals surface area contributed by atoms with Crippen LogP contribution in [0.2, 0.25) is 0 Å². The first-order chi connectivity index (χ1) is 28.2. The highest BCUT2D eigenvalue weighted by Gasteiger charge is 2.24. The van der Waals surface area contributed by atoms with Gasteiger partial charge < -0.3 is 8.98 Å². The summed E-state index contributed by atoms with van der Waals surface area (Å²) in [7, 11) is 0. The van der Waals surface area contributed by atoms with E-state index in [1.165, 1.54) is 52.5 Å². The quantitative estimate of drug-likeness (QED) is 0.181. The van der Waals surface area contributed by atoms with E-state index in [9.17, 15) is 0 Å². The number of hydrogen-bond donors (Lipinski definition) is 0. The van der Waals surface area contributed by atoms with E-state index >= 15 is 0 Å². The Labute approximate surface area is 329 Å². The van der Waals surface area contributed by atoms with Crippen LogP contribution in [-0.2, 0) is 0 Å². The van der Waals surface area contributed by atoms with E-state index in [0.717, 1.165) is 72.2 Å². The molecule has 0 aliphatic rings. The molecule has 0 amide bonds. The molecule has 0 saturated carbocycles. The van der Waals surface area contributed by atoms with E-state index < -0.39 is 0 Å². The van der Waals surface area contributed by atoms with Gasteiger partial charge in [-0.25, -0.2) is 9.97 Å². The van der Waals surface area contributed by atoms with E-state index in [1.54, 1.807) is 0 Å². The Morgan fingerprint density at radius 3 is 1.95 bits per heavy atom. The van der Waals surface area contributed by atoms with Crippen LogP contribution in [0.15, 0.2) is 180 Å². The van der Waals surface area contributed by atoms with Crippen molar-refractivity contribution in [2.75, 3.05) is 0 Å². The Bertz CT molecular complexity index is 3820. The summed E-state index contributed by atoms with van der Waals surface area (Å²) >= 11 is 1.87. The fourth-order valence-corrected chi connectivity index (χ4v) is 10.3. The van der Waals surface area contributed by atoms with Gasteiger partial charge in [0.2, 0.25) is 0 Å². The van der Waals surface area contributed by atoms with Crippen LogP contribution in [0.4, 0.5) is 0 Å². The molecule has 57 heavy (non-hydrogen) atoms. The molecule has 0 unspecified atom stereocenters. The van der Waals surface area contributed by atoms with Crippen LogP contribution >= 0.6 is 11.3 Å². The predicted octanol–water partition coefficient (Wildman–Crippen LogP) is 14.6. The molecule has 0 atom stereocenters. The third-order valence-electron chi connectivity index (χ3n) is 11.7. The normalized spacial score (nSPS) is 12.2. The molecule has 0 radical (unpaired) electrons. The Hall–Kier alpha value is -7.34. The summed E-state index contributed by atoms with van der Waals surface area (Å²) < 4.78 is 11.8. The van der Waals surface area contributed by atoms with Gasteiger partial charge in [0.1, 0.15) is 16.9 Å². The number of benzene rings is 9. The molecule has 0 bridgehead atoms. The van der Waals surface area contributed by atoms with Gasteiger partial charge >= 0.3 is 0 Å². The first-order valence-electron chi connectivity index (χ1n) is 19.2. The number of fused-ring (bicyclic) bond motifs is 13. The number of para-hydroxylation sites is 3. The number of furan rings is 1. The second-order valence-electron chi connectivity index (χ2n) is 14.9. The van der Waals surface area contributed by atoms with Crippen molar-refractivity contribution in [1.82, 2.24) is 14.5 Å². The van der Waals surface area contributed by atoms with Crippen molar-refractivity contribution in [1.29, 1.82) is 0 Å². The summed E-state index contributed by atoms with van der Waals surface area (Å²) in [5.41, 5.74) is 10.2. The lowest BCUT2D eigenvalue weighted by Crippen LogP contribution is -1.99. The lowest BCUT2D eigenvalue weighted by Gasteiger charge is -2.14. The van der Waals surface area contributed by atoms with Gasteiger partial charge in [-0.05, 0) is 82.2 Å². The molecule has 4 heterocycles. The predicted molar refractivity (Wildman–Crippen MR) is 240 cm³/mol. The zero-order valence-corrected chi connectivity index (χ0v) is 31.2. The summed E-state index contributed by atoms with van der Waals surface area (Å²) in [4.78, 5) is 10.7. The fraction of sp³-hybridized carbons (Fsp3) is 0. The van der Waals surface area contributed by atoms with Gasteiger partial charge in [-0.1, -0.05) is 115 Å². The minimum atomic E-state index is 0.788. The van der Waals surface area contributed by atoms with Crippen molar-refractivity contribution in [3.63, 3.8) is 0 Å². The Morgan fingerprint density at radius 1 is 0.439 bits per heavy atom. The van der Waals surface area contributed by atoms with Gasteiger partial charge in [-0.3, -0.25) is 0 Å². The molecule has 0 aliphatic heterocycles. The maximum Gasteiger partial charge on any atom is 0.145 e. The fourth-order valence-electron chi connectivity index (χ4n) is 9.12. The van der Waals surface area contributed by atoms with E-state index in [-0.39, 0.29) is 0 Å². The van der Waals surface area contributed by atoms with Gasteiger partial charge in [-0.2, -0.15) is 0 Å². The van der Waals surface area contributed by atoms with Crippen molar-refractivity contribution in [3.8, 4) is 28.2 Å². The number of rotatable bonds is 3. The van der Waals surface area contributed by atoms with Crippen LogP contribution in [0, 0.1) is 0 Å². The standard InChI is InChI=1S/C52H29N3OS/c1-2-13-31(14-3-1)50-51(54-43-20-10-9-19-42(43)53-50)41-27-34(26-39-36-18-8-11-21-46(36)56-52(39)41)55-44-23-22-30-12-6-7-17-35(30)49(44)40-28-38-37-24-32-15-4-5-16-33(32)25-47(37)57-48(38)29-45(40)55/h1-29H. The van der Waals surface area contributed by atoms with E-state index in [4.69, 9.17) is 14.4 Å². The highest BCUT2D eigenvalue weighted by atomic mass is 32.1. The summed E-state index contributed by atoms with van der Waals surface area (Å²) in [6.45, 7) is 0. The molecular formula is C52H29N3OS. The van der Waals surface area contributed by atoms with Crippen molar-refractivity contribution in [2.24, 2.45) is 0 Å². The third-order valence-corrected chi connectivity index (χ3v) is 12.8. The Balaban J connectivity index is 1.19. The lowest BCUT2D eigenvalue weighted by atomic mass is 10.00. The van der Waals surface area contributed by atoms with Crippen LogP contribution in [0.1, 0.15) is 0 Å². The molecular weight excluding hydrogens is 715 g/mol. The molecule has 0 fully saturated rings. The molecule has 5 heteroatoms. The van der Waals surface area contributed by atoms with Crippen LogP contribution in [0.25, 0.3) is 125 Å². The smallest absolute Gasteiger partial charge is 0.145 e. The molecule has 13 rings (SSSR count). The number of aromatic nitrogens is 3. The zero-order chi connectivity index (χ0) is 37.2. The maximum absolute atomic E-state index is 6.79. The monoisotopic (exact) mass is 743 g/mol. The molecule has 0 aliphatic carbocycles. The largest absolute Gasteiger partial charge is 0.455 e. The van der Waals surface area contributed by atoms with Gasteiger partial charge in [0.25, 0.3) is 0 Å². The second-order valence-corrected chi connectivity index (χ2v) is 16.0. The molecule has 0 N–H and O–H groups in total. The van der Waals surface area contributed by atoms with Crippen molar-refractivity contribution in [2.45, 2.75) is 0 Å². The summed E-state index contributed by atoms with van der Waals surface area (Å²) in [6.07, 6.45) is 0. The first-order valence-corrected chi connectivity index (χ1v) is 20.0. The Kier molecular flexibility index (Phi) is 6.29. The highest BCUT2D eigenvalue weighted by Crippen LogP contribution is 2.46. The van der Waals surface area contributed by atoms with Crippen LogP contribution in [-0.4, -0.2) is 14.5 Å². The third kappa shape index (κ3) is 4.49. The zero-order valence-electron chi connectivity index (χ0n) is 30.4. The van der Waals surface area contributed by atoms with Crippen LogP contribution in [0.5, 0.6) is 0 Å². The van der Waals surface area contributed by atoms with E-state index in [1.807, 2.05) is 47.7 Å². The maximum atomic E-state index is 6.79. The van der Waals surface area contributed by atoms with Gasteiger partial charge in [0.05, 0.1) is 27.8 Å². The molecule has 0 saturated heterocycles. The molecule has 264 valence electrons. The highest BCUT2D eigenvalue weighted by molar-refractivity contribution is 7.26. The number of thiophene rings is 1. The summed E-state index contributed by atoms with van der Waals surface area (Å²) in [5.74, 6) is 0. The average Bonchev–Trinajstić information content (AvgIpc) is 3.93. The molecule has 13 aromatic rings. The van der Waals surface area contributed by atoms with Gasteiger partial charge in [0, 0.05) is 58.5 Å². The van der Waals surface area contributed by atoms with Gasteiger partial charge in [-0.15, -0.1) is 11.3 Å². The van der Waals surface area contributed by atoms with Crippen molar-refractivity contribution < 1.29 is 4.42 Å². The number of hydrogen-bond acceptors (Lipinski definition) is 4. The minimum absolute atomic E-state index is 0.788. The summed E-state index contributed by atoms with van der Waals surface area (Å²) in [6, 6.07) is 62.9. The van der Waals surface area contributed by atoms with Crippen molar-refractivity contribution in [3.05, 3.63) is 176 Å².